The summed E-state index contributed by atoms with van der Waals surface area (Å²) < 4.78 is 0. The van der Waals surface area contributed by atoms with Crippen molar-refractivity contribution in [2.75, 3.05) is 6.54 Å². The number of benzene rings is 1. The summed E-state index contributed by atoms with van der Waals surface area (Å²) in [7, 11) is 0. The van der Waals surface area contributed by atoms with Crippen molar-refractivity contribution in [3.8, 4) is 0 Å². The summed E-state index contributed by atoms with van der Waals surface area (Å²) in [6, 6.07) is 5.95. The van der Waals surface area contributed by atoms with E-state index in [0.717, 1.165) is 23.1 Å². The third-order valence-corrected chi connectivity index (χ3v) is 3.92. The molecule has 0 aromatic heterocycles. The lowest BCUT2D eigenvalue weighted by molar-refractivity contribution is -0.125. The Morgan fingerprint density at radius 2 is 2.00 bits per heavy atom. The predicted octanol–water partition coefficient (Wildman–Crippen LogP) is 1.40. The minimum absolute atomic E-state index is 0.00560. The Bertz CT molecular complexity index is 491. The summed E-state index contributed by atoms with van der Waals surface area (Å²) in [4.78, 5) is 23.4. The molecule has 4 nitrogen and oxygen atoms in total. The molecule has 1 aromatic carbocycles. The molecule has 0 radical (unpaired) electrons. The van der Waals surface area contributed by atoms with Crippen molar-refractivity contribution in [1.82, 2.24) is 5.32 Å². The molecule has 0 bridgehead atoms. The average Bonchev–Trinajstić information content (AvgIpc) is 2.33. The number of nitrogens with one attached hydrogen (secondary N) is 1. The maximum Gasteiger partial charge on any atom is 0.225 e. The van der Waals surface area contributed by atoms with E-state index in [-0.39, 0.29) is 23.7 Å². The van der Waals surface area contributed by atoms with E-state index in [2.05, 4.69) is 5.32 Å². The van der Waals surface area contributed by atoms with Crippen molar-refractivity contribution in [3.63, 3.8) is 0 Å². The molecule has 1 heterocycles. The second kappa shape index (κ2) is 5.43. The lowest BCUT2D eigenvalue weighted by Gasteiger charge is -2.30. The number of rotatable bonds is 3. The molecule has 1 saturated heterocycles. The van der Waals surface area contributed by atoms with Crippen LogP contribution in [0.3, 0.4) is 0 Å². The van der Waals surface area contributed by atoms with Crippen molar-refractivity contribution in [2.24, 2.45) is 11.7 Å². The molecule has 2 unspecified atom stereocenters. The molecule has 3 N–H and O–H groups in total. The van der Waals surface area contributed by atoms with E-state index in [1.165, 1.54) is 0 Å². The van der Waals surface area contributed by atoms with Crippen LogP contribution in [0.25, 0.3) is 0 Å². The second-order valence-corrected chi connectivity index (χ2v) is 5.29. The standard InChI is InChI=1S/C15H20N2O2/c1-9-4-3-5-10(2)13(9)14(15(16)19)11-6-7-17-12(18)8-11/h3-5,11,14H,6-8H2,1-2H3,(H2,16,19)(H,17,18). The minimum atomic E-state index is -0.368. The number of aryl methyl sites for hydroxylation is 2. The van der Waals surface area contributed by atoms with Gasteiger partial charge in [-0.1, -0.05) is 18.2 Å². The maximum atomic E-state index is 11.9. The molecule has 102 valence electrons. The van der Waals surface area contributed by atoms with Crippen molar-refractivity contribution in [2.45, 2.75) is 32.6 Å². The molecule has 19 heavy (non-hydrogen) atoms. The van der Waals surface area contributed by atoms with Crippen LogP contribution in [0.5, 0.6) is 0 Å². The van der Waals surface area contributed by atoms with Gasteiger partial charge in [0.25, 0.3) is 0 Å². The first-order chi connectivity index (χ1) is 9.00. The van der Waals surface area contributed by atoms with Crippen LogP contribution >= 0.6 is 0 Å². The van der Waals surface area contributed by atoms with Crippen LogP contribution in [0.2, 0.25) is 0 Å². The first-order valence-electron chi connectivity index (χ1n) is 6.63. The SMILES string of the molecule is Cc1cccc(C)c1C(C(N)=O)C1CCNC(=O)C1. The lowest BCUT2D eigenvalue weighted by Crippen LogP contribution is -2.39. The fraction of sp³-hybridized carbons (Fsp3) is 0.467. The molecule has 2 atom stereocenters. The van der Waals surface area contributed by atoms with Crippen LogP contribution in [0.1, 0.15) is 35.4 Å². The van der Waals surface area contributed by atoms with E-state index in [9.17, 15) is 9.59 Å². The van der Waals surface area contributed by atoms with E-state index in [1.807, 2.05) is 32.0 Å². The van der Waals surface area contributed by atoms with Crippen LogP contribution in [0.15, 0.2) is 18.2 Å². The largest absolute Gasteiger partial charge is 0.369 e. The van der Waals surface area contributed by atoms with Crippen molar-refractivity contribution in [1.29, 1.82) is 0 Å². The van der Waals surface area contributed by atoms with Crippen molar-refractivity contribution in [3.05, 3.63) is 34.9 Å². The Balaban J connectivity index is 2.40. The fourth-order valence-corrected chi connectivity index (χ4v) is 3.02. The molecule has 4 heteroatoms. The predicted molar refractivity (Wildman–Crippen MR) is 73.6 cm³/mol. The van der Waals surface area contributed by atoms with Gasteiger partial charge in [-0.3, -0.25) is 9.59 Å². The third kappa shape index (κ3) is 2.78. The highest BCUT2D eigenvalue weighted by atomic mass is 16.2. The number of carbonyl (C=O) groups is 2. The van der Waals surface area contributed by atoms with Crippen LogP contribution < -0.4 is 11.1 Å². The zero-order valence-electron chi connectivity index (χ0n) is 11.4. The number of primary amides is 1. The van der Waals surface area contributed by atoms with Gasteiger partial charge >= 0.3 is 0 Å². The number of hydrogen-bond donors (Lipinski definition) is 2. The zero-order chi connectivity index (χ0) is 14.0. The molecule has 1 aliphatic rings. The van der Waals surface area contributed by atoms with Gasteiger partial charge in [0.1, 0.15) is 0 Å². The van der Waals surface area contributed by atoms with Gasteiger partial charge in [0.2, 0.25) is 11.8 Å². The number of amides is 2. The average molecular weight is 260 g/mol. The molecule has 2 rings (SSSR count). The molecule has 1 aromatic rings. The number of hydrogen-bond acceptors (Lipinski definition) is 2. The Labute approximate surface area is 113 Å². The Hall–Kier alpha value is -1.84. The van der Waals surface area contributed by atoms with Crippen LogP contribution in [-0.2, 0) is 9.59 Å². The Morgan fingerprint density at radius 3 is 2.53 bits per heavy atom. The van der Waals surface area contributed by atoms with Crippen LogP contribution in [-0.4, -0.2) is 18.4 Å². The first kappa shape index (κ1) is 13.6. The van der Waals surface area contributed by atoms with E-state index in [1.54, 1.807) is 0 Å². The molecule has 0 saturated carbocycles. The van der Waals surface area contributed by atoms with Gasteiger partial charge < -0.3 is 11.1 Å². The molecule has 1 fully saturated rings. The quantitative estimate of drug-likeness (QED) is 0.862. The van der Waals surface area contributed by atoms with E-state index >= 15 is 0 Å². The third-order valence-electron chi connectivity index (χ3n) is 3.92. The summed E-state index contributed by atoms with van der Waals surface area (Å²) in [6.45, 7) is 4.60. The van der Waals surface area contributed by atoms with Crippen LogP contribution in [0.4, 0.5) is 0 Å². The van der Waals surface area contributed by atoms with E-state index in [4.69, 9.17) is 5.73 Å². The highest BCUT2D eigenvalue weighted by Gasteiger charge is 2.33. The van der Waals surface area contributed by atoms with Gasteiger partial charge in [0.05, 0.1) is 5.92 Å². The summed E-state index contributed by atoms with van der Waals surface area (Å²) in [5.41, 5.74) is 8.74. The Kier molecular flexibility index (Phi) is 3.88. The molecular weight excluding hydrogens is 240 g/mol. The van der Waals surface area contributed by atoms with Crippen LogP contribution in [0, 0.1) is 19.8 Å². The highest BCUT2D eigenvalue weighted by Crippen LogP contribution is 2.34. The number of piperidine rings is 1. The van der Waals surface area contributed by atoms with E-state index in [0.29, 0.717) is 13.0 Å². The van der Waals surface area contributed by atoms with Gasteiger partial charge in [0.15, 0.2) is 0 Å². The van der Waals surface area contributed by atoms with Gasteiger partial charge in [0, 0.05) is 13.0 Å². The van der Waals surface area contributed by atoms with Crippen molar-refractivity contribution >= 4 is 11.8 Å². The smallest absolute Gasteiger partial charge is 0.225 e. The lowest BCUT2D eigenvalue weighted by atomic mass is 9.77. The zero-order valence-corrected chi connectivity index (χ0v) is 11.4. The van der Waals surface area contributed by atoms with Gasteiger partial charge in [-0.2, -0.15) is 0 Å². The Morgan fingerprint density at radius 1 is 1.37 bits per heavy atom. The summed E-state index contributed by atoms with van der Waals surface area (Å²) in [5, 5.41) is 2.80. The molecule has 0 aliphatic carbocycles. The van der Waals surface area contributed by atoms with Crippen molar-refractivity contribution < 1.29 is 9.59 Å². The monoisotopic (exact) mass is 260 g/mol. The maximum absolute atomic E-state index is 11.9. The first-order valence-corrected chi connectivity index (χ1v) is 6.63. The molecule has 0 spiro atoms. The summed E-state index contributed by atoms with van der Waals surface area (Å²) in [5.74, 6) is -0.691. The van der Waals surface area contributed by atoms with Gasteiger partial charge in [-0.15, -0.1) is 0 Å². The normalized spacial score (nSPS) is 20.7. The summed E-state index contributed by atoms with van der Waals surface area (Å²) in [6.07, 6.45) is 1.18. The van der Waals surface area contributed by atoms with E-state index < -0.39 is 0 Å². The number of carbonyl (C=O) groups excluding carboxylic acids is 2. The molecule has 1 aliphatic heterocycles. The molecular formula is C15H20N2O2. The highest BCUT2D eigenvalue weighted by molar-refractivity contribution is 5.85. The summed E-state index contributed by atoms with van der Waals surface area (Å²) >= 11 is 0. The minimum Gasteiger partial charge on any atom is -0.369 e. The number of nitrogens with two attached hydrogens (primary N) is 1. The van der Waals surface area contributed by atoms with Gasteiger partial charge in [-0.25, -0.2) is 0 Å². The van der Waals surface area contributed by atoms with Gasteiger partial charge in [-0.05, 0) is 42.9 Å². The topological polar surface area (TPSA) is 72.2 Å². The second-order valence-electron chi connectivity index (χ2n) is 5.29. The fourth-order valence-electron chi connectivity index (χ4n) is 3.02. The molecule has 2 amide bonds.